The minimum atomic E-state index is -0.980. The molecule has 0 saturated carbocycles. The summed E-state index contributed by atoms with van der Waals surface area (Å²) in [4.78, 5) is 15.9. The van der Waals surface area contributed by atoms with E-state index in [1.54, 1.807) is 25.3 Å². The van der Waals surface area contributed by atoms with Crippen LogP contribution in [0.5, 0.6) is 17.2 Å². The lowest BCUT2D eigenvalue weighted by Gasteiger charge is -2.27. The summed E-state index contributed by atoms with van der Waals surface area (Å²) in [6.07, 6.45) is 4.39. The van der Waals surface area contributed by atoms with Crippen molar-refractivity contribution in [3.63, 3.8) is 0 Å². The highest BCUT2D eigenvalue weighted by Gasteiger charge is 2.31. The average Bonchev–Trinajstić information content (AvgIpc) is 3.20. The van der Waals surface area contributed by atoms with Crippen molar-refractivity contribution in [2.45, 2.75) is 50.7 Å². The van der Waals surface area contributed by atoms with Crippen molar-refractivity contribution in [2.75, 3.05) is 46.5 Å². The molecule has 7 nitrogen and oxygen atoms in total. The van der Waals surface area contributed by atoms with Crippen molar-refractivity contribution >= 4 is 5.91 Å². The molecular weight excluding hydrogens is 463 g/mol. The molecule has 0 radical (unpaired) electrons. The summed E-state index contributed by atoms with van der Waals surface area (Å²) in [5.74, 6) is 1.38. The lowest BCUT2D eigenvalue weighted by Crippen LogP contribution is -2.37. The number of benzene rings is 2. The van der Waals surface area contributed by atoms with Gasteiger partial charge in [-0.05, 0) is 68.5 Å². The summed E-state index contributed by atoms with van der Waals surface area (Å²) in [7, 11) is 1.64. The number of ether oxygens (including phenoxy) is 3. The van der Waals surface area contributed by atoms with Crippen LogP contribution in [-0.4, -0.2) is 72.9 Å². The summed E-state index contributed by atoms with van der Waals surface area (Å²) < 4.78 is 31.0. The van der Waals surface area contributed by atoms with Crippen LogP contribution in [0.3, 0.4) is 0 Å². The maximum absolute atomic E-state index is 13.9. The molecule has 8 heteroatoms. The van der Waals surface area contributed by atoms with Crippen LogP contribution in [0.2, 0.25) is 0 Å². The van der Waals surface area contributed by atoms with Gasteiger partial charge in [0, 0.05) is 32.6 Å². The lowest BCUT2D eigenvalue weighted by atomic mass is 9.96. The van der Waals surface area contributed by atoms with E-state index in [-0.39, 0.29) is 18.3 Å². The Morgan fingerprint density at radius 3 is 2.64 bits per heavy atom. The molecule has 4 rings (SSSR count). The molecule has 36 heavy (non-hydrogen) atoms. The van der Waals surface area contributed by atoms with Crippen LogP contribution in [0.1, 0.15) is 44.1 Å². The molecule has 1 N–H and O–H groups in total. The first-order chi connectivity index (χ1) is 17.5. The molecular formula is C28H37FN2O5. The molecule has 2 heterocycles. The van der Waals surface area contributed by atoms with Crippen LogP contribution in [0, 0.1) is 5.82 Å². The number of methoxy groups -OCH3 is 1. The maximum Gasteiger partial charge on any atom is 0.222 e. The van der Waals surface area contributed by atoms with Gasteiger partial charge in [-0.2, -0.15) is 0 Å². The molecule has 2 aromatic rings. The normalized spacial score (nSPS) is 20.9. The van der Waals surface area contributed by atoms with Gasteiger partial charge in [0.05, 0.1) is 19.3 Å². The summed E-state index contributed by atoms with van der Waals surface area (Å²) in [5.41, 5.74) is 0.126. The van der Waals surface area contributed by atoms with Crippen molar-refractivity contribution < 1.29 is 28.5 Å². The second-order valence-electron chi connectivity index (χ2n) is 9.74. The van der Waals surface area contributed by atoms with E-state index in [2.05, 4.69) is 4.90 Å². The monoisotopic (exact) mass is 500 g/mol. The Balaban J connectivity index is 1.25. The fraction of sp³-hybridized carbons (Fsp3) is 0.536. The van der Waals surface area contributed by atoms with Crippen molar-refractivity contribution in [3.05, 3.63) is 53.8 Å². The van der Waals surface area contributed by atoms with Gasteiger partial charge < -0.3 is 24.2 Å². The highest BCUT2D eigenvalue weighted by Crippen LogP contribution is 2.30. The highest BCUT2D eigenvalue weighted by atomic mass is 19.1. The molecule has 0 bridgehead atoms. The van der Waals surface area contributed by atoms with E-state index in [0.29, 0.717) is 43.9 Å². The number of rotatable bonds is 11. The quantitative estimate of drug-likeness (QED) is 0.470. The number of carbonyl (C=O) groups is 1. The van der Waals surface area contributed by atoms with E-state index in [4.69, 9.17) is 14.2 Å². The fourth-order valence-corrected chi connectivity index (χ4v) is 4.88. The van der Waals surface area contributed by atoms with Gasteiger partial charge in [0.25, 0.3) is 0 Å². The fourth-order valence-electron chi connectivity index (χ4n) is 4.88. The van der Waals surface area contributed by atoms with Gasteiger partial charge in [0.1, 0.15) is 6.61 Å². The summed E-state index contributed by atoms with van der Waals surface area (Å²) >= 11 is 0. The number of hydrogen-bond donors (Lipinski definition) is 1. The smallest absolute Gasteiger partial charge is 0.222 e. The molecule has 2 fully saturated rings. The van der Waals surface area contributed by atoms with E-state index < -0.39 is 11.4 Å². The molecule has 0 aliphatic carbocycles. The number of hydrogen-bond acceptors (Lipinski definition) is 6. The third-order valence-electron chi connectivity index (χ3n) is 6.98. The first kappa shape index (κ1) is 26.2. The molecule has 0 spiro atoms. The Bertz CT molecular complexity index is 1020. The third kappa shape index (κ3) is 7.11. The first-order valence-electron chi connectivity index (χ1n) is 12.9. The van der Waals surface area contributed by atoms with Crippen molar-refractivity contribution in [2.24, 2.45) is 0 Å². The predicted molar refractivity (Wildman–Crippen MR) is 135 cm³/mol. The second kappa shape index (κ2) is 12.4. The van der Waals surface area contributed by atoms with E-state index >= 15 is 0 Å². The Morgan fingerprint density at radius 1 is 1.00 bits per heavy atom. The van der Waals surface area contributed by atoms with Gasteiger partial charge in [-0.15, -0.1) is 0 Å². The largest absolute Gasteiger partial charge is 0.493 e. The zero-order valence-corrected chi connectivity index (χ0v) is 21.1. The zero-order chi connectivity index (χ0) is 25.4. The van der Waals surface area contributed by atoms with Gasteiger partial charge >= 0.3 is 0 Å². The van der Waals surface area contributed by atoms with Crippen LogP contribution in [-0.2, 0) is 11.3 Å². The Kier molecular flexibility index (Phi) is 9.04. The van der Waals surface area contributed by atoms with E-state index in [1.807, 2.05) is 23.1 Å². The van der Waals surface area contributed by atoms with Gasteiger partial charge in [-0.25, -0.2) is 4.39 Å². The van der Waals surface area contributed by atoms with Crippen LogP contribution in [0.4, 0.5) is 4.39 Å². The lowest BCUT2D eigenvalue weighted by molar-refractivity contribution is -0.127. The Hall–Kier alpha value is -2.84. The Morgan fingerprint density at radius 2 is 1.86 bits per heavy atom. The van der Waals surface area contributed by atoms with Crippen molar-refractivity contribution in [1.29, 1.82) is 0 Å². The van der Waals surface area contributed by atoms with Crippen LogP contribution in [0.25, 0.3) is 0 Å². The van der Waals surface area contributed by atoms with E-state index in [0.717, 1.165) is 51.0 Å². The second-order valence-corrected chi connectivity index (χ2v) is 9.74. The molecule has 1 amide bonds. The number of amides is 1. The van der Waals surface area contributed by atoms with Crippen molar-refractivity contribution in [3.8, 4) is 17.2 Å². The van der Waals surface area contributed by atoms with Gasteiger partial charge in [0.2, 0.25) is 5.91 Å². The molecule has 196 valence electrons. The summed E-state index contributed by atoms with van der Waals surface area (Å²) in [6, 6.07) is 12.3. The average molecular weight is 501 g/mol. The summed E-state index contributed by atoms with van der Waals surface area (Å²) in [6.45, 7) is 4.49. The van der Waals surface area contributed by atoms with Crippen molar-refractivity contribution in [1.82, 2.24) is 9.80 Å². The minimum Gasteiger partial charge on any atom is -0.493 e. The van der Waals surface area contributed by atoms with E-state index in [1.165, 1.54) is 6.07 Å². The molecule has 2 aliphatic heterocycles. The van der Waals surface area contributed by atoms with Crippen LogP contribution >= 0.6 is 0 Å². The molecule has 2 aromatic carbocycles. The molecule has 2 aliphatic rings. The molecule has 0 aromatic heterocycles. The third-order valence-corrected chi connectivity index (χ3v) is 6.98. The standard InChI is InChI=1S/C28H37FN2O5/c1-34-26-19-22(10-11-25(26)35-18-6-16-31-15-4-9-27(31)32)20-30-14-5-12-28(33,13-17-30)21-36-24-8-3-2-7-23(24)29/h2-3,7-8,10-11,19,33H,4-6,9,12-18,20-21H2,1H3/t28-/m1/s1. The van der Waals surface area contributed by atoms with Crippen LogP contribution < -0.4 is 14.2 Å². The SMILES string of the molecule is COc1cc(CN2CCC[C@](O)(COc3ccccc3F)CC2)ccc1OCCCN1CCCC1=O. The molecule has 2 saturated heterocycles. The zero-order valence-electron chi connectivity index (χ0n) is 21.1. The van der Waals surface area contributed by atoms with Gasteiger partial charge in [-0.3, -0.25) is 9.69 Å². The number of likely N-dealkylation sites (tertiary alicyclic amines) is 2. The number of halogens is 1. The molecule has 0 unspecified atom stereocenters. The maximum atomic E-state index is 13.9. The molecule has 1 atom stereocenters. The predicted octanol–water partition coefficient (Wildman–Crippen LogP) is 4.02. The van der Waals surface area contributed by atoms with Crippen LogP contribution in [0.15, 0.2) is 42.5 Å². The number of nitrogens with zero attached hydrogens (tertiary/aromatic N) is 2. The van der Waals surface area contributed by atoms with E-state index in [9.17, 15) is 14.3 Å². The first-order valence-corrected chi connectivity index (χ1v) is 12.9. The summed E-state index contributed by atoms with van der Waals surface area (Å²) in [5, 5.41) is 11.1. The Labute approximate surface area is 212 Å². The number of para-hydroxylation sites is 1. The topological polar surface area (TPSA) is 71.5 Å². The highest BCUT2D eigenvalue weighted by molar-refractivity contribution is 5.77. The minimum absolute atomic E-state index is 0.0769. The number of aliphatic hydroxyl groups is 1. The number of carbonyl (C=O) groups excluding carboxylic acids is 1. The van der Waals surface area contributed by atoms with Gasteiger partial charge in [-0.1, -0.05) is 18.2 Å². The van der Waals surface area contributed by atoms with Gasteiger partial charge in [0.15, 0.2) is 23.1 Å².